The van der Waals surface area contributed by atoms with Gasteiger partial charge in [-0.3, -0.25) is 4.98 Å². The van der Waals surface area contributed by atoms with Crippen molar-refractivity contribution in [2.75, 3.05) is 0 Å². The zero-order valence-corrected chi connectivity index (χ0v) is 22.2. The molecule has 183 valence electrons. The average Bonchev–Trinajstić information content (AvgIpc) is 2.90. The molecule has 5 rings (SSSR count). The molecule has 0 spiro atoms. The predicted octanol–water partition coefficient (Wildman–Crippen LogP) is 6.19. The minimum Gasteiger partial charge on any atom is -0.393 e. The third-order valence-electron chi connectivity index (χ3n) is 6.25. The third-order valence-corrected chi connectivity index (χ3v) is 6.25. The monoisotopic (exact) mass is 644 g/mol. The fraction of sp³-hybridized carbons (Fsp3) is 0.267. The van der Waals surface area contributed by atoms with Crippen LogP contribution in [-0.4, -0.2) is 32.4 Å². The summed E-state index contributed by atoms with van der Waals surface area (Å²) < 4.78 is 0. The molecule has 1 saturated carbocycles. The van der Waals surface area contributed by atoms with Crippen molar-refractivity contribution >= 4 is 0 Å². The Morgan fingerprint density at radius 1 is 0.829 bits per heavy atom. The molecule has 0 aliphatic heterocycles. The van der Waals surface area contributed by atoms with Crippen molar-refractivity contribution in [2.24, 2.45) is 5.92 Å². The molecule has 4 aromatic rings. The van der Waals surface area contributed by atoms with Crippen LogP contribution in [0.3, 0.4) is 0 Å². The van der Waals surface area contributed by atoms with E-state index in [1.54, 1.807) is 6.92 Å². The molecule has 0 amide bonds. The van der Waals surface area contributed by atoms with E-state index in [1.165, 1.54) is 0 Å². The van der Waals surface area contributed by atoms with Crippen LogP contribution in [0.5, 0.6) is 0 Å². The molecule has 1 aromatic heterocycles. The summed E-state index contributed by atoms with van der Waals surface area (Å²) in [5.74, 6) is 0.133. The van der Waals surface area contributed by atoms with Gasteiger partial charge in [-0.1, -0.05) is 73.5 Å². The van der Waals surface area contributed by atoms with E-state index in [-0.39, 0.29) is 38.2 Å². The molecule has 1 aliphatic rings. The minimum atomic E-state index is -0.338. The molecule has 0 saturated heterocycles. The van der Waals surface area contributed by atoms with Crippen LogP contribution in [0.25, 0.3) is 33.8 Å². The molecule has 0 bridgehead atoms. The quantitative estimate of drug-likeness (QED) is 0.260. The van der Waals surface area contributed by atoms with Crippen molar-refractivity contribution in [1.29, 1.82) is 0 Å². The summed E-state index contributed by atoms with van der Waals surface area (Å²) in [6, 6.07) is 31.4. The second-order valence-corrected chi connectivity index (χ2v) is 8.72. The maximum absolute atomic E-state index is 9.38. The largest absolute Gasteiger partial charge is 0.393 e. The molecular formula is C30H31IrN2O2-. The predicted molar refractivity (Wildman–Crippen MR) is 137 cm³/mol. The smallest absolute Gasteiger partial charge is 0.0873 e. The van der Waals surface area contributed by atoms with Gasteiger partial charge < -0.3 is 15.2 Å². The fourth-order valence-electron chi connectivity index (χ4n) is 4.37. The van der Waals surface area contributed by atoms with Crippen molar-refractivity contribution in [3.8, 4) is 33.8 Å². The summed E-state index contributed by atoms with van der Waals surface area (Å²) in [5, 5.41) is 18.6. The Hall–Kier alpha value is -2.69. The van der Waals surface area contributed by atoms with Crippen molar-refractivity contribution in [3.63, 3.8) is 0 Å². The first-order chi connectivity index (χ1) is 16.6. The van der Waals surface area contributed by atoms with Gasteiger partial charge in [-0.15, -0.1) is 35.9 Å². The van der Waals surface area contributed by atoms with Gasteiger partial charge >= 0.3 is 0 Å². The Bertz CT molecular complexity index is 1150. The average molecular weight is 644 g/mol. The zero-order valence-electron chi connectivity index (χ0n) is 19.8. The van der Waals surface area contributed by atoms with Gasteiger partial charge in [0.15, 0.2) is 0 Å². The number of aromatic nitrogens is 2. The molecule has 3 unspecified atom stereocenters. The van der Waals surface area contributed by atoms with Gasteiger partial charge in [0.25, 0.3) is 0 Å². The van der Waals surface area contributed by atoms with E-state index in [1.807, 2.05) is 79.0 Å². The molecule has 4 nitrogen and oxygen atoms in total. The van der Waals surface area contributed by atoms with Crippen LogP contribution in [0.15, 0.2) is 91.1 Å². The van der Waals surface area contributed by atoms with Crippen LogP contribution in [-0.2, 0) is 20.1 Å². The number of benzene rings is 3. The van der Waals surface area contributed by atoms with Crippen molar-refractivity contribution in [2.45, 2.75) is 44.8 Å². The van der Waals surface area contributed by atoms with Crippen LogP contribution >= 0.6 is 0 Å². The molecule has 1 radical (unpaired) electrons. The van der Waals surface area contributed by atoms with Crippen LogP contribution in [0.2, 0.25) is 0 Å². The summed E-state index contributed by atoms with van der Waals surface area (Å²) >= 11 is 0. The summed E-state index contributed by atoms with van der Waals surface area (Å²) in [4.78, 5) is 9.61. The normalized spacial score (nSPS) is 17.9. The fourth-order valence-corrected chi connectivity index (χ4v) is 4.37. The number of rotatable bonds is 4. The first kappa shape index (κ1) is 26.9. The van der Waals surface area contributed by atoms with Crippen LogP contribution < -0.4 is 0 Å². The second kappa shape index (κ2) is 13.4. The first-order valence-corrected chi connectivity index (χ1v) is 11.9. The SMILES string of the molecule is CC(O)C1CCCCC1O.[Ir].[c-]1ccccc1-c1ncc(-c2ccccc2)nc1-c1ccccc1. The van der Waals surface area contributed by atoms with Crippen LogP contribution in [0, 0.1) is 12.0 Å². The van der Waals surface area contributed by atoms with Crippen LogP contribution in [0.4, 0.5) is 0 Å². The number of nitrogens with zero attached hydrogens (tertiary/aromatic N) is 2. The topological polar surface area (TPSA) is 66.2 Å². The van der Waals surface area contributed by atoms with E-state index >= 15 is 0 Å². The molecule has 1 fully saturated rings. The first-order valence-electron chi connectivity index (χ1n) is 11.9. The van der Waals surface area contributed by atoms with E-state index < -0.39 is 0 Å². The molecule has 3 aromatic carbocycles. The number of hydrogen-bond acceptors (Lipinski definition) is 4. The number of aliphatic hydroxyl groups excluding tert-OH is 2. The Labute approximate surface area is 221 Å². The summed E-state index contributed by atoms with van der Waals surface area (Å²) in [6.45, 7) is 1.76. The standard InChI is InChI=1S/C22H15N2.C8H16O2.Ir/c1-4-10-17(11-5-1)20-16-23-21(18-12-6-2-7-13-18)22(24-20)19-14-8-3-9-15-19;1-6(9)7-4-2-3-5-8(7)10;/h1-12,14-16H;6-10H,2-5H2,1H3;/q-1;;. The Balaban J connectivity index is 0.000000264. The third kappa shape index (κ3) is 7.16. The van der Waals surface area contributed by atoms with Gasteiger partial charge in [-0.2, -0.15) is 0 Å². The Kier molecular flexibility index (Phi) is 10.3. The molecule has 1 heterocycles. The van der Waals surface area contributed by atoms with E-state index in [4.69, 9.17) is 9.97 Å². The van der Waals surface area contributed by atoms with Gasteiger partial charge in [0, 0.05) is 43.5 Å². The molecular weight excluding hydrogens is 613 g/mol. The number of hydrogen-bond donors (Lipinski definition) is 2. The summed E-state index contributed by atoms with van der Waals surface area (Å²) in [5.41, 5.74) is 5.65. The maximum Gasteiger partial charge on any atom is 0.0873 e. The van der Waals surface area contributed by atoms with E-state index in [2.05, 4.69) is 18.2 Å². The van der Waals surface area contributed by atoms with Gasteiger partial charge in [0.2, 0.25) is 0 Å². The molecule has 3 atom stereocenters. The van der Waals surface area contributed by atoms with Gasteiger partial charge in [0.05, 0.1) is 23.6 Å². The molecule has 5 heteroatoms. The van der Waals surface area contributed by atoms with E-state index in [0.717, 1.165) is 59.5 Å². The van der Waals surface area contributed by atoms with Crippen molar-refractivity contribution in [3.05, 3.63) is 97.2 Å². The second-order valence-electron chi connectivity index (χ2n) is 8.72. The zero-order chi connectivity index (χ0) is 23.8. The van der Waals surface area contributed by atoms with Gasteiger partial charge in [0.1, 0.15) is 0 Å². The Morgan fingerprint density at radius 3 is 2.03 bits per heavy atom. The van der Waals surface area contributed by atoms with Gasteiger partial charge in [-0.05, 0) is 25.3 Å². The van der Waals surface area contributed by atoms with E-state index in [9.17, 15) is 10.2 Å². The molecule has 35 heavy (non-hydrogen) atoms. The minimum absolute atomic E-state index is 0. The van der Waals surface area contributed by atoms with Crippen LogP contribution in [0.1, 0.15) is 32.6 Å². The summed E-state index contributed by atoms with van der Waals surface area (Å²) in [6.07, 6.45) is 5.37. The number of aliphatic hydroxyl groups is 2. The molecule has 1 aliphatic carbocycles. The van der Waals surface area contributed by atoms with Crippen molar-refractivity contribution in [1.82, 2.24) is 9.97 Å². The van der Waals surface area contributed by atoms with E-state index in [0.29, 0.717) is 0 Å². The summed E-state index contributed by atoms with van der Waals surface area (Å²) in [7, 11) is 0. The molecule has 2 N–H and O–H groups in total. The Morgan fingerprint density at radius 2 is 1.46 bits per heavy atom. The van der Waals surface area contributed by atoms with Crippen molar-refractivity contribution < 1.29 is 30.3 Å². The van der Waals surface area contributed by atoms with Gasteiger partial charge in [-0.25, -0.2) is 0 Å². The maximum atomic E-state index is 9.38.